The molecule has 0 bridgehead atoms. The molecule has 1 unspecified atom stereocenters. The van der Waals surface area contributed by atoms with Gasteiger partial charge in [-0.2, -0.15) is 13.2 Å². The second kappa shape index (κ2) is 6.20. The van der Waals surface area contributed by atoms with Crippen LogP contribution >= 0.6 is 31.9 Å². The first-order chi connectivity index (χ1) is 8.92. The molecule has 1 atom stereocenters. The largest absolute Gasteiger partial charge is 0.398 e. The first-order valence-corrected chi connectivity index (χ1v) is 8.33. The Hall–Kier alpha value is -0.320. The summed E-state index contributed by atoms with van der Waals surface area (Å²) in [5.41, 5.74) is 5.54. The van der Waals surface area contributed by atoms with Gasteiger partial charge >= 0.3 is 6.18 Å². The van der Waals surface area contributed by atoms with Crippen molar-refractivity contribution < 1.29 is 21.6 Å². The van der Waals surface area contributed by atoms with Gasteiger partial charge in [0.15, 0.2) is 0 Å². The third-order valence-corrected chi connectivity index (χ3v) is 5.25. The number of anilines is 1. The summed E-state index contributed by atoms with van der Waals surface area (Å²) >= 11 is 6.16. The molecule has 0 radical (unpaired) electrons. The van der Waals surface area contributed by atoms with Crippen LogP contribution in [0.25, 0.3) is 0 Å². The fourth-order valence-corrected chi connectivity index (χ4v) is 4.89. The summed E-state index contributed by atoms with van der Waals surface area (Å²) in [6.07, 6.45) is -5.72. The number of alkyl halides is 3. The Kier molecular flexibility index (Phi) is 5.50. The zero-order valence-corrected chi connectivity index (χ0v) is 14.1. The average molecular weight is 440 g/mol. The molecule has 1 rings (SSSR count). The van der Waals surface area contributed by atoms with E-state index in [-0.39, 0.29) is 15.1 Å². The molecule has 0 aliphatic carbocycles. The Morgan fingerprint density at radius 3 is 2.35 bits per heavy atom. The molecule has 0 saturated carbocycles. The van der Waals surface area contributed by atoms with E-state index in [2.05, 4.69) is 31.9 Å². The summed E-state index contributed by atoms with van der Waals surface area (Å²) in [5.74, 6) is 0. The summed E-state index contributed by atoms with van der Waals surface area (Å²) in [7, 11) is -4.15. The van der Waals surface area contributed by atoms with Gasteiger partial charge in [0, 0.05) is 15.0 Å². The van der Waals surface area contributed by atoms with Crippen LogP contribution < -0.4 is 10.5 Å². The van der Waals surface area contributed by atoms with Crippen LogP contribution in [0.1, 0.15) is 13.3 Å². The molecule has 0 spiro atoms. The number of hydrogen-bond acceptors (Lipinski definition) is 3. The van der Waals surface area contributed by atoms with Crippen molar-refractivity contribution in [1.29, 1.82) is 0 Å². The summed E-state index contributed by atoms with van der Waals surface area (Å²) < 4.78 is 63.5. The normalized spacial score (nSPS) is 14.3. The predicted molar refractivity (Wildman–Crippen MR) is 76.7 cm³/mol. The Labute approximate surface area is 131 Å². The van der Waals surface area contributed by atoms with Crippen LogP contribution in [0, 0.1) is 0 Å². The van der Waals surface area contributed by atoms with Gasteiger partial charge in [0.25, 0.3) is 0 Å². The fraction of sp³-hybridized carbons (Fsp3) is 0.400. The van der Waals surface area contributed by atoms with Crippen molar-refractivity contribution in [2.45, 2.75) is 30.5 Å². The van der Waals surface area contributed by atoms with E-state index in [4.69, 9.17) is 5.73 Å². The molecule has 4 nitrogen and oxygen atoms in total. The molecule has 10 heteroatoms. The van der Waals surface area contributed by atoms with E-state index in [0.717, 1.165) is 6.92 Å². The molecule has 1 aromatic carbocycles. The van der Waals surface area contributed by atoms with E-state index in [0.29, 0.717) is 4.47 Å². The van der Waals surface area contributed by atoms with Crippen molar-refractivity contribution >= 4 is 47.6 Å². The maximum Gasteiger partial charge on any atom is 0.390 e. The zero-order chi connectivity index (χ0) is 15.7. The molecular weight excluding hydrogens is 429 g/mol. The van der Waals surface area contributed by atoms with Crippen LogP contribution in [0.3, 0.4) is 0 Å². The molecule has 0 aliphatic rings. The number of nitrogen functional groups attached to an aromatic ring is 1. The van der Waals surface area contributed by atoms with Crippen molar-refractivity contribution in [3.05, 3.63) is 21.1 Å². The van der Waals surface area contributed by atoms with Gasteiger partial charge < -0.3 is 5.73 Å². The first-order valence-electron chi connectivity index (χ1n) is 5.26. The van der Waals surface area contributed by atoms with E-state index in [9.17, 15) is 21.6 Å². The minimum atomic E-state index is -4.45. The lowest BCUT2D eigenvalue weighted by Gasteiger charge is -2.17. The summed E-state index contributed by atoms with van der Waals surface area (Å²) in [4.78, 5) is -0.283. The van der Waals surface area contributed by atoms with Gasteiger partial charge in [-0.3, -0.25) is 0 Å². The van der Waals surface area contributed by atoms with Gasteiger partial charge in [-0.05, 0) is 35.0 Å². The smallest absolute Gasteiger partial charge is 0.390 e. The van der Waals surface area contributed by atoms with E-state index >= 15 is 0 Å². The Morgan fingerprint density at radius 1 is 1.35 bits per heavy atom. The number of halogens is 5. The van der Waals surface area contributed by atoms with Crippen LogP contribution in [-0.2, 0) is 10.0 Å². The lowest BCUT2D eigenvalue weighted by molar-refractivity contribution is -0.137. The molecule has 1 aromatic rings. The summed E-state index contributed by atoms with van der Waals surface area (Å²) in [6, 6.07) is 1.50. The third-order valence-electron chi connectivity index (χ3n) is 2.20. The molecule has 3 N–H and O–H groups in total. The van der Waals surface area contributed by atoms with E-state index in [1.165, 1.54) is 12.1 Å². The predicted octanol–water partition coefficient (Wildman–Crippen LogP) is 3.41. The van der Waals surface area contributed by atoms with Crippen molar-refractivity contribution in [1.82, 2.24) is 4.72 Å². The second-order valence-electron chi connectivity index (χ2n) is 4.15. The topological polar surface area (TPSA) is 72.2 Å². The van der Waals surface area contributed by atoms with Gasteiger partial charge in [0.1, 0.15) is 4.90 Å². The summed E-state index contributed by atoms with van der Waals surface area (Å²) in [6.45, 7) is 1.13. The van der Waals surface area contributed by atoms with Gasteiger partial charge in [0.05, 0.1) is 12.1 Å². The molecule has 0 fully saturated rings. The highest BCUT2D eigenvalue weighted by Gasteiger charge is 2.33. The van der Waals surface area contributed by atoms with Crippen LogP contribution in [0.15, 0.2) is 26.0 Å². The summed E-state index contributed by atoms with van der Waals surface area (Å²) in [5, 5.41) is 0. The highest BCUT2D eigenvalue weighted by Crippen LogP contribution is 2.32. The highest BCUT2D eigenvalue weighted by atomic mass is 79.9. The molecular formula is C10H11Br2F3N2O2S. The van der Waals surface area contributed by atoms with Crippen LogP contribution in [-0.4, -0.2) is 20.6 Å². The number of hydrogen-bond donors (Lipinski definition) is 2. The number of sulfonamides is 1. The fourth-order valence-electron chi connectivity index (χ4n) is 1.58. The minimum absolute atomic E-state index is 0.0713. The quantitative estimate of drug-likeness (QED) is 0.706. The third kappa shape index (κ3) is 4.90. The van der Waals surface area contributed by atoms with Crippen LogP contribution in [0.2, 0.25) is 0 Å². The molecule has 114 valence electrons. The van der Waals surface area contributed by atoms with Crippen LogP contribution in [0.5, 0.6) is 0 Å². The number of benzene rings is 1. The number of nitrogens with one attached hydrogen (secondary N) is 1. The van der Waals surface area contributed by atoms with Crippen molar-refractivity contribution in [2.75, 3.05) is 5.73 Å². The van der Waals surface area contributed by atoms with E-state index < -0.39 is 28.7 Å². The SMILES string of the molecule is CC(CC(F)(F)F)NS(=O)(=O)c1c(N)cc(Br)cc1Br. The minimum Gasteiger partial charge on any atom is -0.398 e. The molecule has 0 aromatic heterocycles. The van der Waals surface area contributed by atoms with Gasteiger partial charge in [0.2, 0.25) is 10.0 Å². The molecule has 0 heterocycles. The number of nitrogens with two attached hydrogens (primary N) is 1. The molecule has 0 saturated heterocycles. The zero-order valence-electron chi connectivity index (χ0n) is 10.1. The van der Waals surface area contributed by atoms with Gasteiger partial charge in [-0.15, -0.1) is 0 Å². The number of rotatable bonds is 4. The monoisotopic (exact) mass is 438 g/mol. The van der Waals surface area contributed by atoms with E-state index in [1.807, 2.05) is 4.72 Å². The lowest BCUT2D eigenvalue weighted by atomic mass is 10.2. The molecule has 20 heavy (non-hydrogen) atoms. The van der Waals surface area contributed by atoms with Gasteiger partial charge in [-0.25, -0.2) is 13.1 Å². The Morgan fingerprint density at radius 2 is 1.90 bits per heavy atom. The standard InChI is InChI=1S/C10H11Br2F3N2O2S/c1-5(4-10(13,14)15)17-20(18,19)9-7(12)2-6(11)3-8(9)16/h2-3,5,17H,4,16H2,1H3. The molecule has 0 amide bonds. The lowest BCUT2D eigenvalue weighted by Crippen LogP contribution is -2.36. The molecule has 0 aliphatic heterocycles. The highest BCUT2D eigenvalue weighted by molar-refractivity contribution is 9.11. The maximum absolute atomic E-state index is 12.2. The first kappa shape index (κ1) is 17.7. The Balaban J connectivity index is 3.07. The second-order valence-corrected chi connectivity index (χ2v) is 7.57. The van der Waals surface area contributed by atoms with Crippen LogP contribution in [0.4, 0.5) is 18.9 Å². The van der Waals surface area contributed by atoms with E-state index in [1.54, 1.807) is 0 Å². The van der Waals surface area contributed by atoms with Crippen molar-refractivity contribution in [2.24, 2.45) is 0 Å². The van der Waals surface area contributed by atoms with Crippen molar-refractivity contribution in [3.63, 3.8) is 0 Å². The van der Waals surface area contributed by atoms with Gasteiger partial charge in [-0.1, -0.05) is 15.9 Å². The Bertz CT molecular complexity index is 582. The average Bonchev–Trinajstić information content (AvgIpc) is 2.08. The maximum atomic E-state index is 12.2. The van der Waals surface area contributed by atoms with Crippen molar-refractivity contribution in [3.8, 4) is 0 Å².